The van der Waals surface area contributed by atoms with E-state index in [1.807, 2.05) is 6.26 Å². The van der Waals surface area contributed by atoms with E-state index in [2.05, 4.69) is 37.7 Å². The molecule has 1 aliphatic rings. The van der Waals surface area contributed by atoms with Gasteiger partial charge >= 0.3 is 0 Å². The van der Waals surface area contributed by atoms with Crippen LogP contribution in [0.25, 0.3) is 11.3 Å². The Bertz CT molecular complexity index is 1050. The van der Waals surface area contributed by atoms with Gasteiger partial charge in [0.15, 0.2) is 0 Å². The summed E-state index contributed by atoms with van der Waals surface area (Å²) in [5.41, 5.74) is 3.20. The van der Waals surface area contributed by atoms with E-state index >= 15 is 0 Å². The first-order valence-electron chi connectivity index (χ1n) is 9.24. The summed E-state index contributed by atoms with van der Waals surface area (Å²) in [5.74, 6) is 1.09. The molecule has 148 valence electrons. The zero-order chi connectivity index (χ0) is 20.4. The van der Waals surface area contributed by atoms with Crippen LogP contribution >= 0.6 is 11.8 Å². The Morgan fingerprint density at radius 3 is 2.62 bits per heavy atom. The van der Waals surface area contributed by atoms with Crippen molar-refractivity contribution < 1.29 is 9.18 Å². The summed E-state index contributed by atoms with van der Waals surface area (Å²) >= 11 is 1.59. The number of anilines is 3. The molecule has 6 nitrogen and oxygen atoms in total. The summed E-state index contributed by atoms with van der Waals surface area (Å²) < 4.78 is 13.3. The lowest BCUT2D eigenvalue weighted by Gasteiger charge is -2.14. The van der Waals surface area contributed by atoms with Crippen molar-refractivity contribution in [3.8, 4) is 11.3 Å². The Morgan fingerprint density at radius 2 is 1.97 bits per heavy atom. The van der Waals surface area contributed by atoms with Crippen LogP contribution < -0.4 is 10.6 Å². The summed E-state index contributed by atoms with van der Waals surface area (Å²) in [5, 5.41) is 6.97. The number of nitrogens with one attached hydrogen (secondary N) is 2. The van der Waals surface area contributed by atoms with Gasteiger partial charge in [0.25, 0.3) is 0 Å². The lowest BCUT2D eigenvalue weighted by Crippen LogP contribution is -2.08. The van der Waals surface area contributed by atoms with Gasteiger partial charge in [-0.05, 0) is 54.8 Å². The predicted octanol–water partition coefficient (Wildman–Crippen LogP) is 4.98. The maximum absolute atomic E-state index is 13.3. The number of hydrogen-bond acceptors (Lipinski definition) is 6. The molecule has 1 fully saturated rings. The molecule has 3 heterocycles. The molecule has 0 saturated heterocycles. The van der Waals surface area contributed by atoms with Crippen LogP contribution in [0.4, 0.5) is 21.7 Å². The maximum Gasteiger partial charge on any atom is 0.222 e. The highest BCUT2D eigenvalue weighted by Gasteiger charge is 2.24. The van der Waals surface area contributed by atoms with Crippen LogP contribution in [0.1, 0.15) is 31.2 Å². The molecule has 0 aromatic carbocycles. The van der Waals surface area contributed by atoms with Crippen molar-refractivity contribution in [1.29, 1.82) is 0 Å². The predicted molar refractivity (Wildman–Crippen MR) is 113 cm³/mol. The van der Waals surface area contributed by atoms with E-state index in [9.17, 15) is 9.18 Å². The molecule has 1 amide bonds. The topological polar surface area (TPSA) is 79.8 Å². The number of carbonyl (C=O) groups excluding carboxylic acids is 1. The van der Waals surface area contributed by atoms with Crippen molar-refractivity contribution in [2.45, 2.75) is 30.7 Å². The molecule has 3 aromatic rings. The molecule has 0 bridgehead atoms. The van der Waals surface area contributed by atoms with Crippen molar-refractivity contribution in [2.24, 2.45) is 0 Å². The van der Waals surface area contributed by atoms with Gasteiger partial charge in [-0.25, -0.2) is 14.4 Å². The van der Waals surface area contributed by atoms with Gasteiger partial charge in [-0.1, -0.05) is 0 Å². The molecule has 8 heteroatoms. The van der Waals surface area contributed by atoms with Gasteiger partial charge < -0.3 is 10.6 Å². The third-order valence-corrected chi connectivity index (χ3v) is 5.18. The highest BCUT2D eigenvalue weighted by atomic mass is 32.2. The smallest absolute Gasteiger partial charge is 0.222 e. The van der Waals surface area contributed by atoms with E-state index in [0.717, 1.165) is 5.03 Å². The summed E-state index contributed by atoms with van der Waals surface area (Å²) in [6.07, 6.45) is 7.17. The van der Waals surface area contributed by atoms with Crippen molar-refractivity contribution >= 4 is 35.0 Å². The van der Waals surface area contributed by atoms with Gasteiger partial charge in [0.05, 0.1) is 22.6 Å². The molecule has 0 unspecified atom stereocenters. The van der Waals surface area contributed by atoms with Crippen molar-refractivity contribution in [3.63, 3.8) is 0 Å². The Labute approximate surface area is 172 Å². The van der Waals surface area contributed by atoms with E-state index < -0.39 is 5.82 Å². The van der Waals surface area contributed by atoms with Crippen LogP contribution in [0.2, 0.25) is 0 Å². The van der Waals surface area contributed by atoms with Gasteiger partial charge in [0.1, 0.15) is 17.5 Å². The monoisotopic (exact) mass is 409 g/mol. The van der Waals surface area contributed by atoms with Crippen LogP contribution in [-0.4, -0.2) is 27.1 Å². The minimum Gasteiger partial charge on any atom is -0.339 e. The van der Waals surface area contributed by atoms with Crippen molar-refractivity contribution in [1.82, 2.24) is 15.0 Å². The minimum absolute atomic E-state index is 0.213. The molecule has 3 aromatic heterocycles. The molecule has 0 atom stereocenters. The number of aromatic nitrogens is 3. The van der Waals surface area contributed by atoms with E-state index in [1.165, 1.54) is 37.6 Å². The van der Waals surface area contributed by atoms with Gasteiger partial charge in [-0.15, -0.1) is 11.8 Å². The first kappa shape index (κ1) is 19.3. The lowest BCUT2D eigenvalue weighted by atomic mass is 10.1. The van der Waals surface area contributed by atoms with E-state index in [-0.39, 0.29) is 5.91 Å². The van der Waals surface area contributed by atoms with Crippen LogP contribution in [0, 0.1) is 5.82 Å². The van der Waals surface area contributed by atoms with Crippen molar-refractivity contribution in [2.75, 3.05) is 16.9 Å². The first-order valence-corrected chi connectivity index (χ1v) is 10.5. The molecule has 0 aliphatic heterocycles. The number of amides is 1. The normalized spacial score (nSPS) is 13.2. The number of carbonyl (C=O) groups is 1. The zero-order valence-corrected chi connectivity index (χ0v) is 16.9. The van der Waals surface area contributed by atoms with E-state index in [1.54, 1.807) is 30.1 Å². The summed E-state index contributed by atoms with van der Waals surface area (Å²) in [6.45, 7) is 1.43. The summed E-state index contributed by atoms with van der Waals surface area (Å²) in [6, 6.07) is 8.86. The second kappa shape index (κ2) is 8.16. The molecule has 1 aliphatic carbocycles. The zero-order valence-electron chi connectivity index (χ0n) is 16.1. The molecule has 0 radical (unpaired) electrons. The van der Waals surface area contributed by atoms with E-state index in [4.69, 9.17) is 0 Å². The highest BCUT2D eigenvalue weighted by molar-refractivity contribution is 7.98. The maximum atomic E-state index is 13.3. The average molecular weight is 409 g/mol. The summed E-state index contributed by atoms with van der Waals surface area (Å²) in [4.78, 5) is 24.5. The number of halogens is 1. The Hall–Kier alpha value is -3.00. The van der Waals surface area contributed by atoms with Gasteiger partial charge in [0, 0.05) is 24.8 Å². The molecule has 0 spiro atoms. The largest absolute Gasteiger partial charge is 0.339 e. The Morgan fingerprint density at radius 1 is 1.14 bits per heavy atom. The third kappa shape index (κ3) is 4.71. The quantitative estimate of drug-likeness (QED) is 0.559. The van der Waals surface area contributed by atoms with Crippen LogP contribution in [0.15, 0.2) is 47.8 Å². The first-order chi connectivity index (χ1) is 14.0. The molecule has 29 heavy (non-hydrogen) atoms. The number of nitrogens with zero attached hydrogens (tertiary/aromatic N) is 3. The number of hydrogen-bond donors (Lipinski definition) is 2. The highest BCUT2D eigenvalue weighted by Crippen LogP contribution is 2.42. The van der Waals surface area contributed by atoms with Gasteiger partial charge in [-0.2, -0.15) is 0 Å². The standard InChI is InChI=1S/C21H20FN5OS/c1-12(28)25-19-9-18(16(11-24-19)17-6-5-15(22)10-23-17)26-20-7-14(13-3-4-13)8-21(27-20)29-2/h5-11,13H,3-4H2,1-2H3,(H2,24,25,26,27,28). The minimum atomic E-state index is -0.408. The molecular weight excluding hydrogens is 389 g/mol. The fraction of sp³-hybridized carbons (Fsp3) is 0.238. The lowest BCUT2D eigenvalue weighted by molar-refractivity contribution is -0.114. The fourth-order valence-corrected chi connectivity index (χ4v) is 3.47. The van der Waals surface area contributed by atoms with Gasteiger partial charge in [-0.3, -0.25) is 9.78 Å². The van der Waals surface area contributed by atoms with Crippen LogP contribution in [0.3, 0.4) is 0 Å². The Balaban J connectivity index is 1.75. The van der Waals surface area contributed by atoms with Crippen molar-refractivity contribution in [3.05, 3.63) is 54.1 Å². The number of rotatable bonds is 6. The number of pyridine rings is 3. The number of thioether (sulfide) groups is 1. The molecule has 4 rings (SSSR count). The SMILES string of the molecule is CSc1cc(C2CC2)cc(Nc2cc(NC(C)=O)ncc2-c2ccc(F)cn2)n1. The van der Waals surface area contributed by atoms with Gasteiger partial charge in [0.2, 0.25) is 5.91 Å². The van der Waals surface area contributed by atoms with E-state index in [0.29, 0.717) is 34.5 Å². The third-order valence-electron chi connectivity index (χ3n) is 4.56. The molecular formula is C21H20FN5OS. The molecule has 2 N–H and O–H groups in total. The van der Waals surface area contributed by atoms with Crippen LogP contribution in [-0.2, 0) is 4.79 Å². The Kier molecular flexibility index (Phi) is 5.44. The second-order valence-electron chi connectivity index (χ2n) is 6.89. The average Bonchev–Trinajstić information content (AvgIpc) is 3.54. The second-order valence-corrected chi connectivity index (χ2v) is 7.71. The molecule has 1 saturated carbocycles. The van der Waals surface area contributed by atoms with Crippen LogP contribution in [0.5, 0.6) is 0 Å². The fourth-order valence-electron chi connectivity index (χ4n) is 3.03. The summed E-state index contributed by atoms with van der Waals surface area (Å²) in [7, 11) is 0.